The number of esters is 1. The first-order valence-corrected chi connectivity index (χ1v) is 7.67. The van der Waals surface area contributed by atoms with E-state index in [0.29, 0.717) is 16.5 Å². The van der Waals surface area contributed by atoms with Gasteiger partial charge in [0.05, 0.1) is 12.8 Å². The Morgan fingerprint density at radius 1 is 1.39 bits per heavy atom. The van der Waals surface area contributed by atoms with Crippen LogP contribution in [-0.2, 0) is 4.79 Å². The van der Waals surface area contributed by atoms with Gasteiger partial charge in [-0.2, -0.15) is 5.26 Å². The number of benzene rings is 1. The number of nitrogens with zero attached hydrogens (tertiary/aromatic N) is 2. The molecule has 0 bridgehead atoms. The number of nitrogens with one attached hydrogen (secondary N) is 1. The number of thioether (sulfide) groups is 1. The average Bonchev–Trinajstić information content (AvgIpc) is 2.53. The van der Waals surface area contributed by atoms with E-state index in [4.69, 9.17) is 9.47 Å². The van der Waals surface area contributed by atoms with Gasteiger partial charge in [0.25, 0.3) is 5.56 Å². The first kappa shape index (κ1) is 16.6. The molecule has 1 N–H and O–H groups in total. The average molecular weight is 331 g/mol. The van der Waals surface area contributed by atoms with E-state index in [0.717, 1.165) is 0 Å². The van der Waals surface area contributed by atoms with Crippen LogP contribution < -0.4 is 15.0 Å². The van der Waals surface area contributed by atoms with Crippen molar-refractivity contribution in [1.29, 1.82) is 5.26 Å². The number of rotatable bonds is 4. The lowest BCUT2D eigenvalue weighted by molar-refractivity contribution is -0.132. The second-order valence-corrected chi connectivity index (χ2v) is 5.16. The van der Waals surface area contributed by atoms with Crippen LogP contribution in [0.1, 0.15) is 12.5 Å². The third-order valence-electron chi connectivity index (χ3n) is 2.89. The molecule has 7 nitrogen and oxygen atoms in total. The fraction of sp³-hybridized carbons (Fsp3) is 0.200. The van der Waals surface area contributed by atoms with E-state index >= 15 is 0 Å². The van der Waals surface area contributed by atoms with E-state index in [1.807, 2.05) is 6.07 Å². The summed E-state index contributed by atoms with van der Waals surface area (Å²) in [6.45, 7) is 1.28. The molecule has 0 saturated carbocycles. The van der Waals surface area contributed by atoms with Crippen molar-refractivity contribution in [2.75, 3.05) is 13.4 Å². The number of methoxy groups -OCH3 is 1. The van der Waals surface area contributed by atoms with Gasteiger partial charge in [0.2, 0.25) is 0 Å². The number of hydrogen-bond acceptors (Lipinski definition) is 7. The molecular weight excluding hydrogens is 318 g/mol. The quantitative estimate of drug-likeness (QED) is 0.395. The summed E-state index contributed by atoms with van der Waals surface area (Å²) in [6, 6.07) is 6.55. The van der Waals surface area contributed by atoms with Gasteiger partial charge in [-0.25, -0.2) is 4.98 Å². The second kappa shape index (κ2) is 6.98. The van der Waals surface area contributed by atoms with Crippen LogP contribution in [0.4, 0.5) is 0 Å². The van der Waals surface area contributed by atoms with Gasteiger partial charge in [0, 0.05) is 12.5 Å². The highest BCUT2D eigenvalue weighted by Gasteiger charge is 2.16. The van der Waals surface area contributed by atoms with Crippen LogP contribution in [-0.4, -0.2) is 29.3 Å². The Labute approximate surface area is 136 Å². The molecule has 1 aromatic heterocycles. The van der Waals surface area contributed by atoms with Crippen molar-refractivity contribution in [3.63, 3.8) is 0 Å². The largest absolute Gasteiger partial charge is 0.493 e. The fourth-order valence-electron chi connectivity index (χ4n) is 1.92. The Balaban J connectivity index is 2.63. The molecule has 0 spiro atoms. The van der Waals surface area contributed by atoms with Crippen molar-refractivity contribution in [2.45, 2.75) is 12.1 Å². The van der Waals surface area contributed by atoms with Crippen LogP contribution in [0.5, 0.6) is 11.5 Å². The van der Waals surface area contributed by atoms with Crippen molar-refractivity contribution in [1.82, 2.24) is 9.97 Å². The van der Waals surface area contributed by atoms with E-state index in [2.05, 4.69) is 9.97 Å². The summed E-state index contributed by atoms with van der Waals surface area (Å²) < 4.78 is 10.2. The van der Waals surface area contributed by atoms with Crippen LogP contribution >= 0.6 is 11.8 Å². The summed E-state index contributed by atoms with van der Waals surface area (Å²) in [5, 5.41) is 9.60. The van der Waals surface area contributed by atoms with Gasteiger partial charge < -0.3 is 14.5 Å². The molecule has 0 aliphatic rings. The molecule has 0 saturated heterocycles. The molecule has 23 heavy (non-hydrogen) atoms. The number of hydrogen-bond donors (Lipinski definition) is 1. The van der Waals surface area contributed by atoms with Crippen LogP contribution in [0.2, 0.25) is 0 Å². The Bertz CT molecular complexity index is 855. The molecule has 8 heteroatoms. The summed E-state index contributed by atoms with van der Waals surface area (Å²) in [5.74, 6) is 0.0688. The zero-order valence-electron chi connectivity index (χ0n) is 12.7. The van der Waals surface area contributed by atoms with Crippen LogP contribution in [0.15, 0.2) is 28.2 Å². The lowest BCUT2D eigenvalue weighted by Gasteiger charge is -2.10. The zero-order chi connectivity index (χ0) is 17.0. The van der Waals surface area contributed by atoms with Crippen molar-refractivity contribution in [3.05, 3.63) is 34.1 Å². The van der Waals surface area contributed by atoms with Crippen molar-refractivity contribution in [2.24, 2.45) is 0 Å². The molecule has 0 aliphatic heterocycles. The lowest BCUT2D eigenvalue weighted by Crippen LogP contribution is -2.14. The zero-order valence-corrected chi connectivity index (χ0v) is 13.5. The minimum absolute atomic E-state index is 0.0925. The number of nitriles is 1. The number of carbonyl (C=O) groups is 1. The summed E-state index contributed by atoms with van der Waals surface area (Å²) in [7, 11) is 1.43. The maximum absolute atomic E-state index is 12.0. The highest BCUT2D eigenvalue weighted by molar-refractivity contribution is 7.98. The summed E-state index contributed by atoms with van der Waals surface area (Å²) in [6.07, 6.45) is 1.76. The van der Waals surface area contributed by atoms with Gasteiger partial charge in [-0.15, -0.1) is 0 Å². The predicted octanol–water partition coefficient (Wildman–Crippen LogP) is 1.96. The number of H-pyrrole nitrogens is 1. The number of ether oxygens (including phenoxy) is 2. The van der Waals surface area contributed by atoms with Crippen LogP contribution in [0.25, 0.3) is 11.3 Å². The minimum atomic E-state index is -0.509. The molecule has 0 aliphatic carbocycles. The smallest absolute Gasteiger partial charge is 0.308 e. The van der Waals surface area contributed by atoms with Crippen molar-refractivity contribution < 1.29 is 14.3 Å². The molecule has 0 amide bonds. The lowest BCUT2D eigenvalue weighted by atomic mass is 10.1. The molecule has 0 unspecified atom stereocenters. The highest BCUT2D eigenvalue weighted by Crippen LogP contribution is 2.32. The topological polar surface area (TPSA) is 105 Å². The molecule has 1 aromatic carbocycles. The van der Waals surface area contributed by atoms with E-state index in [1.54, 1.807) is 18.4 Å². The maximum atomic E-state index is 12.0. The molecule has 0 radical (unpaired) electrons. The third kappa shape index (κ3) is 3.52. The molecule has 0 atom stereocenters. The third-order valence-corrected chi connectivity index (χ3v) is 3.47. The Morgan fingerprint density at radius 2 is 2.13 bits per heavy atom. The van der Waals surface area contributed by atoms with Crippen molar-refractivity contribution >= 4 is 17.7 Å². The molecule has 2 aromatic rings. The van der Waals surface area contributed by atoms with Gasteiger partial charge >= 0.3 is 5.97 Å². The van der Waals surface area contributed by atoms with Gasteiger partial charge in [-0.3, -0.25) is 9.59 Å². The number of aromatic nitrogens is 2. The van der Waals surface area contributed by atoms with Gasteiger partial charge in [-0.1, -0.05) is 11.8 Å². The van der Waals surface area contributed by atoms with Gasteiger partial charge in [0.15, 0.2) is 16.7 Å². The molecule has 118 valence electrons. The number of carbonyl (C=O) groups excluding carboxylic acids is 1. The fourth-order valence-corrected chi connectivity index (χ4v) is 2.29. The van der Waals surface area contributed by atoms with E-state index in [1.165, 1.54) is 31.9 Å². The van der Waals surface area contributed by atoms with E-state index in [9.17, 15) is 14.9 Å². The highest BCUT2D eigenvalue weighted by atomic mass is 32.2. The van der Waals surface area contributed by atoms with Gasteiger partial charge in [0.1, 0.15) is 11.6 Å². The monoisotopic (exact) mass is 331 g/mol. The molecular formula is C15H13N3O4S. The van der Waals surface area contributed by atoms with Gasteiger partial charge in [-0.05, 0) is 24.5 Å². The summed E-state index contributed by atoms with van der Waals surface area (Å²) in [4.78, 5) is 29.8. The Kier molecular flexibility index (Phi) is 5.03. The molecule has 2 rings (SSSR count). The summed E-state index contributed by atoms with van der Waals surface area (Å²) in [5.41, 5.74) is 0.152. The molecule has 0 fully saturated rings. The molecule has 1 heterocycles. The maximum Gasteiger partial charge on any atom is 0.308 e. The summed E-state index contributed by atoms with van der Waals surface area (Å²) >= 11 is 1.26. The number of aromatic amines is 1. The first-order valence-electron chi connectivity index (χ1n) is 6.45. The Hall–Kier alpha value is -2.79. The first-order chi connectivity index (χ1) is 11.0. The SMILES string of the molecule is COc1cc(-c2nc(SC)[nH]c(=O)c2C#N)ccc1OC(C)=O. The minimum Gasteiger partial charge on any atom is -0.493 e. The van der Waals surface area contributed by atoms with Crippen LogP contribution in [0.3, 0.4) is 0 Å². The van der Waals surface area contributed by atoms with Crippen LogP contribution in [0, 0.1) is 11.3 Å². The van der Waals surface area contributed by atoms with Crippen molar-refractivity contribution in [3.8, 4) is 28.8 Å². The normalized spacial score (nSPS) is 10.0. The Morgan fingerprint density at radius 3 is 2.70 bits per heavy atom. The van der Waals surface area contributed by atoms with E-state index < -0.39 is 11.5 Å². The second-order valence-electron chi connectivity index (χ2n) is 4.37. The van der Waals surface area contributed by atoms with E-state index in [-0.39, 0.29) is 17.0 Å². The predicted molar refractivity (Wildman–Crippen MR) is 84.7 cm³/mol. The standard InChI is InChI=1S/C15H13N3O4S/c1-8(19)22-11-5-4-9(6-12(11)21-2)13-10(7-16)14(20)18-15(17-13)23-3/h4-6H,1-3H3,(H,17,18,20).